The Balaban J connectivity index is 0.00000282. The molecule has 466 valence electrons. The van der Waals surface area contributed by atoms with Gasteiger partial charge in [0.1, 0.15) is 48.3 Å². The Morgan fingerprint density at radius 3 is 1.40 bits per heavy atom. The molecule has 0 radical (unpaired) electrons. The first-order chi connectivity index (χ1) is 38.9. The van der Waals surface area contributed by atoms with Crippen molar-refractivity contribution in [3.05, 3.63) is 71.8 Å². The van der Waals surface area contributed by atoms with E-state index in [2.05, 4.69) is 31.9 Å². The van der Waals surface area contributed by atoms with Gasteiger partial charge in [-0.25, -0.2) is 9.59 Å². The Hall–Kier alpha value is -8.21. The van der Waals surface area contributed by atoms with Gasteiger partial charge in [0.2, 0.25) is 53.2 Å². The number of rotatable bonds is 29. The minimum absolute atomic E-state index is 0. The van der Waals surface area contributed by atoms with Gasteiger partial charge in [0.25, 0.3) is 0 Å². The van der Waals surface area contributed by atoms with Crippen molar-refractivity contribution >= 4 is 71.1 Å². The number of carbonyl (C=O) groups excluding carboxylic acids is 9. The molecule has 2 aromatic rings. The molecular formula is C55H79F3N10O16. The van der Waals surface area contributed by atoms with E-state index in [4.69, 9.17) is 21.4 Å². The molecule has 2 aliphatic rings. The second-order valence-corrected chi connectivity index (χ2v) is 20.9. The molecule has 2 aromatic carbocycles. The highest BCUT2D eigenvalue weighted by Crippen LogP contribution is 2.23. The first-order valence-corrected chi connectivity index (χ1v) is 26.8. The van der Waals surface area contributed by atoms with E-state index in [0.29, 0.717) is 24.0 Å². The number of primary amides is 1. The highest BCUT2D eigenvalue weighted by atomic mass is 19.4. The van der Waals surface area contributed by atoms with Crippen molar-refractivity contribution in [1.82, 2.24) is 41.7 Å². The van der Waals surface area contributed by atoms with Gasteiger partial charge in [-0.3, -0.25) is 47.9 Å². The second-order valence-electron chi connectivity index (χ2n) is 20.9. The van der Waals surface area contributed by atoms with Crippen LogP contribution in [0.1, 0.15) is 104 Å². The maximum absolute atomic E-state index is 14.8. The number of nitrogens with one attached hydrogen (secondary N) is 6. The zero-order valence-electron chi connectivity index (χ0n) is 46.4. The van der Waals surface area contributed by atoms with Crippen LogP contribution in [0.25, 0.3) is 0 Å². The number of nitrogens with two attached hydrogens (primary N) is 2. The van der Waals surface area contributed by atoms with Crippen LogP contribution in [0, 0.1) is 11.8 Å². The van der Waals surface area contributed by atoms with Crippen LogP contribution in [0.15, 0.2) is 60.7 Å². The molecule has 0 aliphatic carbocycles. The molecule has 0 bridgehead atoms. The van der Waals surface area contributed by atoms with E-state index < -0.39 is 145 Å². The number of hydrogen-bond acceptors (Lipinski definition) is 14. The van der Waals surface area contributed by atoms with Crippen molar-refractivity contribution in [3.8, 4) is 0 Å². The molecule has 0 aromatic heterocycles. The average Bonchev–Trinajstić information content (AvgIpc) is 4.06. The highest BCUT2D eigenvalue weighted by Gasteiger charge is 2.43. The van der Waals surface area contributed by atoms with E-state index in [-0.39, 0.29) is 83.7 Å². The van der Waals surface area contributed by atoms with Crippen LogP contribution in [0.5, 0.6) is 0 Å². The number of alkyl halides is 3. The number of likely N-dealkylation sites (tertiary alicyclic amines) is 2. The number of aliphatic carboxylic acids is 3. The molecule has 2 fully saturated rings. The summed E-state index contributed by atoms with van der Waals surface area (Å²) in [4.78, 5) is 158. The smallest absolute Gasteiger partial charge is 0.481 e. The first kappa shape index (κ1) is 71.9. The third kappa shape index (κ3) is 23.6. The Labute approximate surface area is 483 Å². The molecular weight excluding hydrogens is 1110 g/mol. The Kier molecular flexibility index (Phi) is 29.4. The molecule has 2 heterocycles. The van der Waals surface area contributed by atoms with Crippen LogP contribution in [0.2, 0.25) is 0 Å². The van der Waals surface area contributed by atoms with Crippen molar-refractivity contribution < 1.29 is 91.1 Å². The summed E-state index contributed by atoms with van der Waals surface area (Å²) in [5.41, 5.74) is 12.3. The van der Waals surface area contributed by atoms with Crippen molar-refractivity contribution in [2.75, 3.05) is 19.7 Å². The summed E-state index contributed by atoms with van der Waals surface area (Å²) in [6.45, 7) is 6.31. The van der Waals surface area contributed by atoms with E-state index in [1.54, 1.807) is 88.4 Å². The lowest BCUT2D eigenvalue weighted by atomic mass is 10.0. The number of carboxylic acid groups (broad SMARTS) is 3. The fourth-order valence-electron chi connectivity index (χ4n) is 9.14. The van der Waals surface area contributed by atoms with E-state index >= 15 is 0 Å². The van der Waals surface area contributed by atoms with Crippen molar-refractivity contribution in [2.45, 2.75) is 166 Å². The molecule has 14 N–H and O–H groups in total. The Morgan fingerprint density at radius 2 is 0.976 bits per heavy atom. The largest absolute Gasteiger partial charge is 0.490 e. The van der Waals surface area contributed by atoms with Gasteiger partial charge >= 0.3 is 24.1 Å². The molecule has 26 nitrogen and oxygen atoms in total. The minimum Gasteiger partial charge on any atom is -0.481 e. The molecule has 0 unspecified atom stereocenters. The zero-order valence-corrected chi connectivity index (χ0v) is 46.4. The zero-order chi connectivity index (χ0) is 62.3. The Morgan fingerprint density at radius 1 is 0.583 bits per heavy atom. The summed E-state index contributed by atoms with van der Waals surface area (Å²) in [7, 11) is 0. The predicted molar refractivity (Wildman–Crippen MR) is 294 cm³/mol. The third-order valence-electron chi connectivity index (χ3n) is 13.2. The summed E-state index contributed by atoms with van der Waals surface area (Å²) in [6.07, 6.45) is -5.31. The van der Waals surface area contributed by atoms with Crippen LogP contribution in [-0.2, 0) is 70.4 Å². The lowest BCUT2D eigenvalue weighted by Crippen LogP contribution is -2.61. The molecule has 84 heavy (non-hydrogen) atoms. The summed E-state index contributed by atoms with van der Waals surface area (Å²) >= 11 is 0. The number of aliphatic hydroxyl groups excluding tert-OH is 1. The summed E-state index contributed by atoms with van der Waals surface area (Å²) in [5, 5.41) is 52.2. The number of amides is 9. The first-order valence-electron chi connectivity index (χ1n) is 26.8. The number of carbonyl (C=O) groups is 12. The fourth-order valence-corrected chi connectivity index (χ4v) is 9.14. The van der Waals surface area contributed by atoms with Crippen molar-refractivity contribution in [3.63, 3.8) is 0 Å². The second kappa shape index (κ2) is 34.4. The maximum atomic E-state index is 14.8. The van der Waals surface area contributed by atoms with E-state index in [0.717, 1.165) is 0 Å². The topological polar surface area (TPSA) is 416 Å². The number of carboxylic acids is 3. The Bertz CT molecular complexity index is 2600. The molecule has 9 amide bonds. The van der Waals surface area contributed by atoms with Crippen LogP contribution in [0.3, 0.4) is 0 Å². The summed E-state index contributed by atoms with van der Waals surface area (Å²) in [6, 6.07) is 5.09. The monoisotopic (exact) mass is 1190 g/mol. The van der Waals surface area contributed by atoms with Crippen LogP contribution < -0.4 is 43.4 Å². The van der Waals surface area contributed by atoms with Gasteiger partial charge in [-0.1, -0.05) is 95.8 Å². The SMILES string of the molecule is C.CC(C)C[C@H](NC(=O)[C@H](CC(=O)O)NC(=O)[C@H](Cc1ccccc1)NC(=O)[C@@H]1CCCN1C(=O)[C@H](Cc1ccccc1)NC(=O)[C@@H]1CCCN1C(=O)[C@H](CO)NC(=O)[C@H](CC(C)C)NC(=O)[C@@H](N)CCC(N)=O)C(=O)O.O=C(O)C(F)(F)F. The number of halogens is 3. The number of nitrogens with zero attached hydrogens (tertiary/aromatic N) is 2. The molecule has 2 saturated heterocycles. The van der Waals surface area contributed by atoms with Gasteiger partial charge in [0.15, 0.2) is 0 Å². The summed E-state index contributed by atoms with van der Waals surface area (Å²) in [5.74, 6) is -13.1. The normalized spacial score (nSPS) is 17.2. The van der Waals surface area contributed by atoms with Gasteiger partial charge in [-0.2, -0.15) is 13.2 Å². The van der Waals surface area contributed by atoms with Crippen LogP contribution in [0.4, 0.5) is 13.2 Å². The van der Waals surface area contributed by atoms with Crippen LogP contribution in [-0.4, -0.2) is 182 Å². The molecule has 0 saturated carbocycles. The lowest BCUT2D eigenvalue weighted by molar-refractivity contribution is -0.192. The van der Waals surface area contributed by atoms with Crippen LogP contribution >= 0.6 is 0 Å². The van der Waals surface area contributed by atoms with E-state index in [1.165, 1.54) is 9.80 Å². The average molecular weight is 1190 g/mol. The number of aliphatic hydroxyl groups is 1. The van der Waals surface area contributed by atoms with Gasteiger partial charge in [-0.05, 0) is 67.9 Å². The fraction of sp³-hybridized carbons (Fsp3) is 0.564. The molecule has 29 heteroatoms. The lowest BCUT2D eigenvalue weighted by Gasteiger charge is -2.32. The third-order valence-corrected chi connectivity index (χ3v) is 13.2. The summed E-state index contributed by atoms with van der Waals surface area (Å²) < 4.78 is 31.7. The van der Waals surface area contributed by atoms with E-state index in [1.807, 2.05) is 0 Å². The number of hydrogen-bond donors (Lipinski definition) is 12. The number of benzene rings is 2. The quantitative estimate of drug-likeness (QED) is 0.0505. The van der Waals surface area contributed by atoms with E-state index in [9.17, 15) is 81.2 Å². The van der Waals surface area contributed by atoms with Gasteiger partial charge < -0.3 is 73.6 Å². The van der Waals surface area contributed by atoms with Crippen molar-refractivity contribution in [1.29, 1.82) is 0 Å². The van der Waals surface area contributed by atoms with Crippen molar-refractivity contribution in [2.24, 2.45) is 23.3 Å². The predicted octanol–water partition coefficient (Wildman–Crippen LogP) is -0.131. The van der Waals surface area contributed by atoms with Gasteiger partial charge in [0.05, 0.1) is 19.1 Å². The molecule has 4 rings (SSSR count). The maximum Gasteiger partial charge on any atom is 0.490 e. The highest BCUT2D eigenvalue weighted by molar-refractivity contribution is 5.99. The molecule has 0 spiro atoms. The van der Waals surface area contributed by atoms with Gasteiger partial charge in [-0.15, -0.1) is 0 Å². The molecule has 9 atom stereocenters. The van der Waals surface area contributed by atoms with Gasteiger partial charge in [0, 0.05) is 32.4 Å². The minimum atomic E-state index is -5.08. The molecule has 2 aliphatic heterocycles. The standard InChI is InChI=1S/C52H74N10O14.C2HF3O2.CH4/c1-29(2)23-34(55-44(67)33(53)19-20-42(54)64)45(68)60-39(28-63)51(74)62-22-12-18-41(62)49(72)58-37(26-32-15-9-6-10-16-32)50(73)61-21-11-17-40(61)48(71)57-35(25-31-13-7-5-8-14-31)46(69)56-36(27-43(65)66)47(70)59-38(52(75)76)24-30(3)4;3-2(4,5)1(6)7;/h5-10,13-16,29-30,33-41,63H,11-12,17-28,53H2,1-4H3,(H2,54,64)(H,55,67)(H,56,69)(H,57,71)(H,58,72)(H,59,70)(H,60,68)(H,65,66)(H,75,76);(H,6,7);1H4/t33-,34-,35-,36-,37-,38-,39-,40-,41-;;/m0../s1.